The van der Waals surface area contributed by atoms with Crippen LogP contribution >= 0.6 is 11.8 Å². The highest BCUT2D eigenvalue weighted by molar-refractivity contribution is 7.99. The molecule has 0 aliphatic rings. The molecular weight excluding hydrogens is 392 g/mol. The van der Waals surface area contributed by atoms with Gasteiger partial charge < -0.3 is 4.90 Å². The molecule has 0 atom stereocenters. The van der Waals surface area contributed by atoms with Gasteiger partial charge in [0.2, 0.25) is 5.91 Å². The molecule has 2 aromatic carbocycles. The lowest BCUT2D eigenvalue weighted by Crippen LogP contribution is -2.33. The number of rotatable bonds is 7. The van der Waals surface area contributed by atoms with E-state index in [0.717, 1.165) is 33.2 Å². The number of imidazole rings is 1. The quantitative estimate of drug-likeness (QED) is 0.498. The van der Waals surface area contributed by atoms with Crippen LogP contribution in [0.3, 0.4) is 0 Å². The molecule has 30 heavy (non-hydrogen) atoms. The summed E-state index contributed by atoms with van der Waals surface area (Å²) in [5.74, 6) is 0.218. The maximum atomic E-state index is 13.1. The van der Waals surface area contributed by atoms with Crippen molar-refractivity contribution in [2.45, 2.75) is 39.3 Å². The molecule has 3 aromatic rings. The monoisotopic (exact) mass is 418 g/mol. The molecule has 0 N–H and O–H groups in total. The Bertz CT molecular complexity index is 1080. The summed E-state index contributed by atoms with van der Waals surface area (Å²) in [6.45, 7) is 8.55. The fourth-order valence-corrected chi connectivity index (χ4v) is 4.37. The van der Waals surface area contributed by atoms with Crippen LogP contribution in [0.15, 0.2) is 53.9 Å². The van der Waals surface area contributed by atoms with Gasteiger partial charge in [0.15, 0.2) is 5.16 Å². The van der Waals surface area contributed by atoms with E-state index >= 15 is 0 Å². The third-order valence-electron chi connectivity index (χ3n) is 4.81. The molecule has 154 valence electrons. The van der Waals surface area contributed by atoms with E-state index in [1.54, 1.807) is 11.1 Å². The van der Waals surface area contributed by atoms with E-state index in [9.17, 15) is 4.79 Å². The molecule has 0 fully saturated rings. The zero-order valence-electron chi connectivity index (χ0n) is 17.8. The van der Waals surface area contributed by atoms with Crippen LogP contribution in [-0.2, 0) is 4.79 Å². The van der Waals surface area contributed by atoms with Crippen molar-refractivity contribution >= 4 is 23.4 Å². The van der Waals surface area contributed by atoms with Gasteiger partial charge in [-0.15, -0.1) is 0 Å². The zero-order chi connectivity index (χ0) is 21.7. The summed E-state index contributed by atoms with van der Waals surface area (Å²) in [7, 11) is 0. The largest absolute Gasteiger partial charge is 0.311 e. The van der Waals surface area contributed by atoms with Crippen LogP contribution in [0.4, 0.5) is 5.69 Å². The van der Waals surface area contributed by atoms with Crippen LogP contribution in [0.1, 0.15) is 28.7 Å². The molecule has 0 spiro atoms. The fraction of sp³-hybridized carbons (Fsp3) is 0.292. The van der Waals surface area contributed by atoms with Gasteiger partial charge in [-0.1, -0.05) is 35.5 Å². The molecule has 5 nitrogen and oxygen atoms in total. The second-order valence-corrected chi connectivity index (χ2v) is 8.40. The molecule has 1 aromatic heterocycles. The molecular formula is C24H26N4OS. The first-order valence-electron chi connectivity index (χ1n) is 9.88. The van der Waals surface area contributed by atoms with E-state index in [1.165, 1.54) is 17.3 Å². The van der Waals surface area contributed by atoms with Crippen LogP contribution in [0.2, 0.25) is 0 Å². The van der Waals surface area contributed by atoms with Gasteiger partial charge in [0, 0.05) is 24.6 Å². The third kappa shape index (κ3) is 5.11. The minimum atomic E-state index is -0.0320. The number of aryl methyl sites for hydroxylation is 4. The van der Waals surface area contributed by atoms with Crippen LogP contribution in [0.25, 0.3) is 5.69 Å². The van der Waals surface area contributed by atoms with Gasteiger partial charge in [0.25, 0.3) is 0 Å². The van der Waals surface area contributed by atoms with Gasteiger partial charge >= 0.3 is 0 Å². The number of hydrogen-bond donors (Lipinski definition) is 0. The predicted octanol–water partition coefficient (Wildman–Crippen LogP) is 5.14. The Kier molecular flexibility index (Phi) is 6.96. The average molecular weight is 419 g/mol. The van der Waals surface area contributed by atoms with Crippen molar-refractivity contribution in [3.63, 3.8) is 0 Å². The molecule has 0 unspecified atom stereocenters. The summed E-state index contributed by atoms with van der Waals surface area (Å²) < 4.78 is 2.02. The number of nitriles is 1. The number of aromatic nitrogens is 2. The summed E-state index contributed by atoms with van der Waals surface area (Å²) in [5.41, 5.74) is 6.46. The molecule has 1 amide bonds. The number of anilines is 1. The molecule has 1 heterocycles. The number of nitrogens with zero attached hydrogens (tertiary/aromatic N) is 4. The van der Waals surface area contributed by atoms with E-state index in [2.05, 4.69) is 49.2 Å². The van der Waals surface area contributed by atoms with E-state index in [-0.39, 0.29) is 11.7 Å². The second kappa shape index (κ2) is 9.64. The normalized spacial score (nSPS) is 10.6. The molecule has 0 aliphatic carbocycles. The number of carbonyl (C=O) groups excluding carboxylic acids is 1. The topological polar surface area (TPSA) is 61.9 Å². The molecule has 0 radical (unpaired) electrons. The fourth-order valence-electron chi connectivity index (χ4n) is 3.53. The van der Waals surface area contributed by atoms with Crippen molar-refractivity contribution in [1.29, 1.82) is 5.26 Å². The van der Waals surface area contributed by atoms with Gasteiger partial charge in [-0.3, -0.25) is 9.36 Å². The lowest BCUT2D eigenvalue weighted by molar-refractivity contribution is -0.116. The lowest BCUT2D eigenvalue weighted by Gasteiger charge is -2.23. The number of benzene rings is 2. The summed E-state index contributed by atoms with van der Waals surface area (Å²) in [4.78, 5) is 19.2. The number of carbonyl (C=O) groups is 1. The first-order valence-corrected chi connectivity index (χ1v) is 10.9. The molecule has 6 heteroatoms. The van der Waals surface area contributed by atoms with Crippen LogP contribution < -0.4 is 4.90 Å². The maximum Gasteiger partial charge on any atom is 0.237 e. The molecule has 3 rings (SSSR count). The molecule has 0 aliphatic heterocycles. The standard InChI is InChI=1S/C24H26N4OS/c1-17-6-7-22(20(4)13-17)28-11-9-26-24(28)30-16-23(29)27(10-5-8-25)21-14-18(2)12-19(3)15-21/h6-7,9,11-15H,5,10,16H2,1-4H3. The Morgan fingerprint density at radius 3 is 2.50 bits per heavy atom. The molecule has 0 bridgehead atoms. The second-order valence-electron chi connectivity index (χ2n) is 7.46. The predicted molar refractivity (Wildman–Crippen MR) is 122 cm³/mol. The summed E-state index contributed by atoms with van der Waals surface area (Å²) >= 11 is 1.41. The van der Waals surface area contributed by atoms with Crippen LogP contribution in [0.5, 0.6) is 0 Å². The van der Waals surface area contributed by atoms with Gasteiger partial charge in [-0.2, -0.15) is 5.26 Å². The minimum Gasteiger partial charge on any atom is -0.311 e. The number of amides is 1. The highest BCUT2D eigenvalue weighted by Gasteiger charge is 2.18. The smallest absolute Gasteiger partial charge is 0.237 e. The maximum absolute atomic E-state index is 13.1. The van der Waals surface area contributed by atoms with Crippen LogP contribution in [0, 0.1) is 39.0 Å². The van der Waals surface area contributed by atoms with Crippen molar-refractivity contribution in [2.24, 2.45) is 0 Å². The van der Waals surface area contributed by atoms with Crippen molar-refractivity contribution in [1.82, 2.24) is 9.55 Å². The Labute approximate surface area is 182 Å². The Morgan fingerprint density at radius 2 is 1.83 bits per heavy atom. The Hall–Kier alpha value is -3.04. The highest BCUT2D eigenvalue weighted by Crippen LogP contribution is 2.25. The van der Waals surface area contributed by atoms with Gasteiger partial charge in [0.05, 0.1) is 23.9 Å². The SMILES string of the molecule is Cc1cc(C)cc(N(CCC#N)C(=O)CSc2nccn2-c2ccc(C)cc2C)c1. The molecule has 0 saturated carbocycles. The van der Waals surface area contributed by atoms with Crippen molar-refractivity contribution < 1.29 is 4.79 Å². The van der Waals surface area contributed by atoms with Gasteiger partial charge in [-0.05, 0) is 62.6 Å². The van der Waals surface area contributed by atoms with E-state index < -0.39 is 0 Å². The lowest BCUT2D eigenvalue weighted by atomic mass is 10.1. The number of thioether (sulfide) groups is 1. The zero-order valence-corrected chi connectivity index (χ0v) is 18.7. The Morgan fingerprint density at radius 1 is 1.10 bits per heavy atom. The first kappa shape index (κ1) is 21.7. The van der Waals surface area contributed by atoms with Crippen LogP contribution in [-0.4, -0.2) is 27.8 Å². The summed E-state index contributed by atoms with van der Waals surface area (Å²) in [5, 5.41) is 9.81. The average Bonchev–Trinajstić information content (AvgIpc) is 3.14. The van der Waals surface area contributed by atoms with E-state index in [4.69, 9.17) is 5.26 Å². The van der Waals surface area contributed by atoms with E-state index in [0.29, 0.717) is 13.0 Å². The third-order valence-corrected chi connectivity index (χ3v) is 5.76. The summed E-state index contributed by atoms with van der Waals surface area (Å²) in [6.07, 6.45) is 3.96. The highest BCUT2D eigenvalue weighted by atomic mass is 32.2. The molecule has 0 saturated heterocycles. The first-order chi connectivity index (χ1) is 14.4. The van der Waals surface area contributed by atoms with Crippen molar-refractivity contribution in [2.75, 3.05) is 17.2 Å². The van der Waals surface area contributed by atoms with Gasteiger partial charge in [0.1, 0.15) is 0 Å². The number of hydrogen-bond acceptors (Lipinski definition) is 4. The van der Waals surface area contributed by atoms with Gasteiger partial charge in [-0.25, -0.2) is 4.98 Å². The van der Waals surface area contributed by atoms with Crippen molar-refractivity contribution in [3.05, 3.63) is 71.0 Å². The summed E-state index contributed by atoms with van der Waals surface area (Å²) in [6, 6.07) is 14.5. The van der Waals surface area contributed by atoms with Crippen molar-refractivity contribution in [3.8, 4) is 11.8 Å². The Balaban J connectivity index is 1.79. The van der Waals surface area contributed by atoms with E-state index in [1.807, 2.05) is 36.7 Å². The minimum absolute atomic E-state index is 0.0320.